The van der Waals surface area contributed by atoms with Crippen LogP contribution in [0.3, 0.4) is 0 Å². The summed E-state index contributed by atoms with van der Waals surface area (Å²) >= 11 is 5.80. The Morgan fingerprint density at radius 2 is 2.52 bits per heavy atom. The number of alkyl halides is 1. The highest BCUT2D eigenvalue weighted by Gasteiger charge is 2.22. The zero-order valence-electron chi connectivity index (χ0n) is 11.9. The lowest BCUT2D eigenvalue weighted by atomic mass is 9.90. The monoisotopic (exact) mass is 315 g/mol. The van der Waals surface area contributed by atoms with Crippen molar-refractivity contribution in [3.63, 3.8) is 0 Å². The SMILES string of the molecule is CCOC(=O)C=C1CCC[C@H](NC2=NC(Cl)NC=C2F)C1. The third-order valence-electron chi connectivity index (χ3n) is 3.32. The molecule has 2 aliphatic rings. The van der Waals surface area contributed by atoms with Gasteiger partial charge in [-0.3, -0.25) is 0 Å². The Kier molecular flexibility index (Phi) is 5.61. The number of carbonyl (C=O) groups is 1. The quantitative estimate of drug-likeness (QED) is 0.363. The van der Waals surface area contributed by atoms with Crippen LogP contribution in [0.4, 0.5) is 4.39 Å². The Balaban J connectivity index is 1.95. The Labute approximate surface area is 128 Å². The maximum absolute atomic E-state index is 13.6. The number of esters is 1. The molecule has 0 aromatic carbocycles. The molecular formula is C14H19ClFN3O2. The summed E-state index contributed by atoms with van der Waals surface area (Å²) in [4.78, 5) is 15.4. The van der Waals surface area contributed by atoms with Crippen LogP contribution >= 0.6 is 11.6 Å². The lowest BCUT2D eigenvalue weighted by Gasteiger charge is -2.27. The van der Waals surface area contributed by atoms with Crippen molar-refractivity contribution in [3.8, 4) is 0 Å². The van der Waals surface area contributed by atoms with Gasteiger partial charge in [-0.1, -0.05) is 17.2 Å². The number of halogens is 2. The van der Waals surface area contributed by atoms with E-state index in [1.807, 2.05) is 0 Å². The molecule has 21 heavy (non-hydrogen) atoms. The highest BCUT2D eigenvalue weighted by Crippen LogP contribution is 2.24. The molecule has 0 spiro atoms. The summed E-state index contributed by atoms with van der Waals surface area (Å²) in [7, 11) is 0. The van der Waals surface area contributed by atoms with Gasteiger partial charge in [-0.2, -0.15) is 0 Å². The second kappa shape index (κ2) is 7.45. The number of nitrogens with one attached hydrogen (secondary N) is 2. The van der Waals surface area contributed by atoms with E-state index in [4.69, 9.17) is 16.3 Å². The molecule has 2 rings (SSSR count). The van der Waals surface area contributed by atoms with Crippen molar-refractivity contribution in [2.75, 3.05) is 6.61 Å². The first-order valence-corrected chi connectivity index (χ1v) is 7.49. The van der Waals surface area contributed by atoms with Gasteiger partial charge in [0.05, 0.1) is 6.61 Å². The minimum Gasteiger partial charge on any atom is -0.463 e. The minimum absolute atomic E-state index is 0.0410. The molecule has 0 radical (unpaired) electrons. The molecule has 5 nitrogen and oxygen atoms in total. The van der Waals surface area contributed by atoms with E-state index in [0.29, 0.717) is 13.0 Å². The fraction of sp³-hybridized carbons (Fsp3) is 0.571. The van der Waals surface area contributed by atoms with Crippen LogP contribution in [0.15, 0.2) is 28.7 Å². The van der Waals surface area contributed by atoms with Crippen LogP contribution in [0.1, 0.15) is 32.6 Å². The summed E-state index contributed by atoms with van der Waals surface area (Å²) in [5.74, 6) is -0.621. The lowest BCUT2D eigenvalue weighted by Crippen LogP contribution is -2.40. The highest BCUT2D eigenvalue weighted by atomic mass is 35.5. The molecule has 1 saturated carbocycles. The maximum Gasteiger partial charge on any atom is 0.330 e. The van der Waals surface area contributed by atoms with Crippen molar-refractivity contribution in [2.24, 2.45) is 4.99 Å². The van der Waals surface area contributed by atoms with E-state index in [1.54, 1.807) is 6.92 Å². The third kappa shape index (κ3) is 4.74. The average molecular weight is 316 g/mol. The Bertz CT molecular complexity index is 491. The largest absolute Gasteiger partial charge is 0.463 e. The van der Waals surface area contributed by atoms with E-state index in [9.17, 15) is 9.18 Å². The van der Waals surface area contributed by atoms with E-state index in [-0.39, 0.29) is 17.8 Å². The van der Waals surface area contributed by atoms with E-state index >= 15 is 0 Å². The molecule has 1 unspecified atom stereocenters. The predicted molar refractivity (Wildman–Crippen MR) is 79.5 cm³/mol. The zero-order chi connectivity index (χ0) is 15.2. The number of aliphatic imine (C=N–C) groups is 1. The minimum atomic E-state index is -0.662. The summed E-state index contributed by atoms with van der Waals surface area (Å²) in [5.41, 5.74) is 0.351. The van der Waals surface area contributed by atoms with E-state index in [1.165, 1.54) is 12.3 Å². The average Bonchev–Trinajstić information content (AvgIpc) is 2.43. The van der Waals surface area contributed by atoms with Crippen LogP contribution in [-0.4, -0.2) is 30.1 Å². The Hall–Kier alpha value is -1.56. The fourth-order valence-corrected chi connectivity index (χ4v) is 2.58. The second-order valence-electron chi connectivity index (χ2n) is 4.96. The van der Waals surface area contributed by atoms with E-state index in [0.717, 1.165) is 24.8 Å². The summed E-state index contributed by atoms with van der Waals surface area (Å²) in [5, 5.41) is 5.64. The molecule has 1 aliphatic carbocycles. The molecule has 0 amide bonds. The molecule has 1 aliphatic heterocycles. The summed E-state index contributed by atoms with van der Waals surface area (Å²) in [6, 6.07) is 0.0410. The molecule has 2 atom stereocenters. The number of rotatable bonds is 3. The first kappa shape index (κ1) is 15.8. The van der Waals surface area contributed by atoms with Gasteiger partial charge in [0.25, 0.3) is 0 Å². The molecule has 1 heterocycles. The maximum atomic E-state index is 13.6. The molecule has 116 valence electrons. The molecule has 0 aromatic rings. The highest BCUT2D eigenvalue weighted by molar-refractivity contribution is 6.21. The van der Waals surface area contributed by atoms with E-state index < -0.39 is 11.5 Å². The van der Waals surface area contributed by atoms with Crippen LogP contribution in [0.5, 0.6) is 0 Å². The normalized spacial score (nSPS) is 27.5. The lowest BCUT2D eigenvalue weighted by molar-refractivity contribution is -0.137. The first-order valence-electron chi connectivity index (χ1n) is 7.05. The van der Waals surface area contributed by atoms with Gasteiger partial charge < -0.3 is 15.4 Å². The zero-order valence-corrected chi connectivity index (χ0v) is 12.6. The summed E-state index contributed by atoms with van der Waals surface area (Å²) < 4.78 is 18.5. The summed E-state index contributed by atoms with van der Waals surface area (Å²) in [6.07, 6.45) is 6.10. The fourth-order valence-electron chi connectivity index (χ4n) is 2.42. The predicted octanol–water partition coefficient (Wildman–Crippen LogP) is 2.34. The third-order valence-corrected chi connectivity index (χ3v) is 3.55. The smallest absolute Gasteiger partial charge is 0.330 e. The van der Waals surface area contributed by atoms with Crippen LogP contribution in [-0.2, 0) is 9.53 Å². The molecular weight excluding hydrogens is 297 g/mol. The van der Waals surface area contributed by atoms with Gasteiger partial charge in [0.2, 0.25) is 0 Å². The number of ether oxygens (including phenoxy) is 1. The van der Waals surface area contributed by atoms with Crippen molar-refractivity contribution < 1.29 is 13.9 Å². The number of carbonyl (C=O) groups excluding carboxylic acids is 1. The van der Waals surface area contributed by atoms with Crippen molar-refractivity contribution in [3.05, 3.63) is 23.7 Å². The van der Waals surface area contributed by atoms with Crippen molar-refractivity contribution in [1.82, 2.24) is 10.6 Å². The molecule has 2 N–H and O–H groups in total. The van der Waals surface area contributed by atoms with Crippen LogP contribution in [0.2, 0.25) is 0 Å². The number of hydrogen-bond donors (Lipinski definition) is 2. The Morgan fingerprint density at radius 3 is 3.29 bits per heavy atom. The topological polar surface area (TPSA) is 62.7 Å². The molecule has 0 aromatic heterocycles. The van der Waals surface area contributed by atoms with Crippen LogP contribution in [0, 0.1) is 0 Å². The van der Waals surface area contributed by atoms with Gasteiger partial charge in [0.1, 0.15) is 0 Å². The van der Waals surface area contributed by atoms with Gasteiger partial charge in [0, 0.05) is 18.3 Å². The summed E-state index contributed by atoms with van der Waals surface area (Å²) in [6.45, 7) is 2.13. The molecule has 0 saturated heterocycles. The van der Waals surface area contributed by atoms with Gasteiger partial charge in [-0.15, -0.1) is 0 Å². The van der Waals surface area contributed by atoms with Crippen molar-refractivity contribution in [1.29, 1.82) is 0 Å². The van der Waals surface area contributed by atoms with Crippen LogP contribution < -0.4 is 10.6 Å². The molecule has 1 fully saturated rings. The van der Waals surface area contributed by atoms with Crippen LogP contribution in [0.25, 0.3) is 0 Å². The van der Waals surface area contributed by atoms with Gasteiger partial charge in [-0.05, 0) is 32.6 Å². The van der Waals surface area contributed by atoms with Gasteiger partial charge in [-0.25, -0.2) is 14.2 Å². The number of amidine groups is 1. The van der Waals surface area contributed by atoms with Crippen molar-refractivity contribution >= 4 is 23.4 Å². The Morgan fingerprint density at radius 1 is 1.71 bits per heavy atom. The standard InChI is InChI=1S/C14H19ClFN3O2/c1-2-21-12(20)7-9-4-3-5-10(6-9)18-13-11(16)8-17-14(15)19-13/h7-8,10,14,17H,2-6H2,1H3,(H,18,19)/t10-,14?/m0/s1. The first-order chi connectivity index (χ1) is 10.1. The number of hydrogen-bond acceptors (Lipinski definition) is 5. The molecule has 0 bridgehead atoms. The van der Waals surface area contributed by atoms with E-state index in [2.05, 4.69) is 15.6 Å². The molecule has 7 heteroatoms. The van der Waals surface area contributed by atoms with Gasteiger partial charge >= 0.3 is 5.97 Å². The van der Waals surface area contributed by atoms with Crippen molar-refractivity contribution in [2.45, 2.75) is 44.3 Å². The number of nitrogens with zero attached hydrogens (tertiary/aromatic N) is 1. The second-order valence-corrected chi connectivity index (χ2v) is 5.38. The van der Waals surface area contributed by atoms with Gasteiger partial charge in [0.15, 0.2) is 17.3 Å².